The van der Waals surface area contributed by atoms with Crippen LogP contribution >= 0.6 is 11.8 Å². The van der Waals surface area contributed by atoms with Crippen LogP contribution in [0.2, 0.25) is 0 Å². The first-order valence-corrected chi connectivity index (χ1v) is 13.4. The van der Waals surface area contributed by atoms with Crippen molar-refractivity contribution in [2.75, 3.05) is 48.7 Å². The molecule has 0 aromatic heterocycles. The fraction of sp³-hybridized carbons (Fsp3) is 0.240. The minimum atomic E-state index is -3.68. The second-order valence-electron chi connectivity index (χ2n) is 7.81. The molecule has 1 aliphatic rings. The van der Waals surface area contributed by atoms with Crippen LogP contribution in [0.3, 0.4) is 0 Å². The van der Waals surface area contributed by atoms with Gasteiger partial charge in [-0.25, -0.2) is 8.42 Å². The maximum atomic E-state index is 13.0. The molecule has 8 heteroatoms. The van der Waals surface area contributed by atoms with E-state index in [2.05, 4.69) is 17.0 Å². The van der Waals surface area contributed by atoms with Gasteiger partial charge in [-0.05, 0) is 66.9 Å². The maximum Gasteiger partial charge on any atom is 0.264 e. The number of hydrogen-bond donors (Lipinski definition) is 0. The smallest absolute Gasteiger partial charge is 0.264 e. The van der Waals surface area contributed by atoms with Crippen LogP contribution < -0.4 is 9.21 Å². The van der Waals surface area contributed by atoms with Crippen LogP contribution in [0.1, 0.15) is 10.4 Å². The van der Waals surface area contributed by atoms with Gasteiger partial charge in [0.15, 0.2) is 0 Å². The van der Waals surface area contributed by atoms with Gasteiger partial charge in [-0.1, -0.05) is 18.2 Å². The Hall–Kier alpha value is -2.97. The highest BCUT2D eigenvalue weighted by atomic mass is 32.2. The van der Waals surface area contributed by atoms with Gasteiger partial charge >= 0.3 is 0 Å². The minimum absolute atomic E-state index is 0.0348. The lowest BCUT2D eigenvalue weighted by atomic mass is 10.1. The molecule has 1 saturated heterocycles. The second-order valence-corrected chi connectivity index (χ2v) is 10.7. The number of sulfonamides is 1. The predicted molar refractivity (Wildman–Crippen MR) is 135 cm³/mol. The van der Waals surface area contributed by atoms with E-state index >= 15 is 0 Å². The number of carbonyl (C=O) groups is 1. The Morgan fingerprint density at radius 1 is 0.848 bits per heavy atom. The standard InChI is InChI=1S/C25H27N3O3S2/c1-26(33(30,31)24-14-12-23(32-2)13-15-24)21-10-8-20(9-11-21)25(29)28-18-16-27(17-19-28)22-6-4-3-5-7-22/h3-15H,16-19H2,1-2H3. The van der Waals surface area contributed by atoms with Gasteiger partial charge in [0.25, 0.3) is 15.9 Å². The second kappa shape index (κ2) is 9.89. The molecule has 0 spiro atoms. The summed E-state index contributed by atoms with van der Waals surface area (Å²) in [6.45, 7) is 2.86. The normalized spacial score (nSPS) is 14.2. The van der Waals surface area contributed by atoms with Crippen LogP contribution in [0.5, 0.6) is 0 Å². The lowest BCUT2D eigenvalue weighted by Crippen LogP contribution is -2.48. The highest BCUT2D eigenvalue weighted by Gasteiger charge is 2.24. The Morgan fingerprint density at radius 2 is 1.45 bits per heavy atom. The number of piperazine rings is 1. The quantitative estimate of drug-likeness (QED) is 0.494. The summed E-state index contributed by atoms with van der Waals surface area (Å²) in [5, 5.41) is 0. The topological polar surface area (TPSA) is 60.9 Å². The van der Waals surface area contributed by atoms with Gasteiger partial charge in [-0.15, -0.1) is 11.8 Å². The summed E-state index contributed by atoms with van der Waals surface area (Å²) in [6.07, 6.45) is 1.95. The van der Waals surface area contributed by atoms with Crippen molar-refractivity contribution < 1.29 is 13.2 Å². The van der Waals surface area contributed by atoms with Crippen molar-refractivity contribution in [3.63, 3.8) is 0 Å². The number of anilines is 2. The lowest BCUT2D eigenvalue weighted by molar-refractivity contribution is 0.0747. The van der Waals surface area contributed by atoms with Crippen molar-refractivity contribution in [3.8, 4) is 0 Å². The molecule has 0 N–H and O–H groups in total. The number of carbonyl (C=O) groups excluding carboxylic acids is 1. The molecule has 3 aromatic carbocycles. The first-order chi connectivity index (χ1) is 15.9. The van der Waals surface area contributed by atoms with Gasteiger partial charge in [0.2, 0.25) is 0 Å². The zero-order valence-corrected chi connectivity index (χ0v) is 20.3. The van der Waals surface area contributed by atoms with Gasteiger partial charge in [0.1, 0.15) is 0 Å². The summed E-state index contributed by atoms with van der Waals surface area (Å²) >= 11 is 1.56. The average Bonchev–Trinajstić information content (AvgIpc) is 2.88. The number of hydrogen-bond acceptors (Lipinski definition) is 5. The molecular formula is C25H27N3O3S2. The van der Waals surface area contributed by atoms with Crippen LogP contribution in [-0.4, -0.2) is 58.7 Å². The summed E-state index contributed by atoms with van der Waals surface area (Å²) < 4.78 is 27.2. The fourth-order valence-corrected chi connectivity index (χ4v) is 5.45. The van der Waals surface area contributed by atoms with E-state index in [0.717, 1.165) is 18.0 Å². The zero-order valence-electron chi connectivity index (χ0n) is 18.7. The molecule has 1 aliphatic heterocycles. The number of rotatable bonds is 6. The number of benzene rings is 3. The van der Waals surface area contributed by atoms with E-state index in [-0.39, 0.29) is 10.8 Å². The average molecular weight is 482 g/mol. The lowest BCUT2D eigenvalue weighted by Gasteiger charge is -2.36. The van der Waals surface area contributed by atoms with Crippen molar-refractivity contribution >= 4 is 39.1 Å². The number of nitrogens with zero attached hydrogens (tertiary/aromatic N) is 3. The molecule has 0 unspecified atom stereocenters. The molecule has 6 nitrogen and oxygen atoms in total. The summed E-state index contributed by atoms with van der Waals surface area (Å²) in [5.41, 5.74) is 2.23. The monoisotopic (exact) mass is 481 g/mol. The van der Waals surface area contributed by atoms with E-state index in [0.29, 0.717) is 24.3 Å². The molecule has 4 rings (SSSR count). The summed E-state index contributed by atoms with van der Waals surface area (Å²) in [7, 11) is -2.15. The summed E-state index contributed by atoms with van der Waals surface area (Å²) in [4.78, 5) is 18.3. The molecule has 172 valence electrons. The van der Waals surface area contributed by atoms with E-state index in [1.807, 2.05) is 29.4 Å². The molecule has 1 heterocycles. The summed E-state index contributed by atoms with van der Waals surface area (Å²) in [6, 6.07) is 23.8. The van der Waals surface area contributed by atoms with Crippen LogP contribution in [0.4, 0.5) is 11.4 Å². The fourth-order valence-electron chi connectivity index (χ4n) is 3.85. The Balaban J connectivity index is 1.41. The number of thioether (sulfide) groups is 1. The molecule has 1 fully saturated rings. The van der Waals surface area contributed by atoms with Crippen molar-refractivity contribution in [2.45, 2.75) is 9.79 Å². The van der Waals surface area contributed by atoms with Gasteiger partial charge in [-0.2, -0.15) is 0 Å². The SMILES string of the molecule is CSc1ccc(S(=O)(=O)N(C)c2ccc(C(=O)N3CCN(c4ccccc4)CC3)cc2)cc1. The third-order valence-corrected chi connectivity index (χ3v) is 8.43. The van der Waals surface area contributed by atoms with Crippen molar-refractivity contribution in [2.24, 2.45) is 0 Å². The van der Waals surface area contributed by atoms with Gasteiger partial charge in [-0.3, -0.25) is 9.10 Å². The Kier molecular flexibility index (Phi) is 6.95. The zero-order chi connectivity index (χ0) is 23.4. The van der Waals surface area contributed by atoms with E-state index in [1.165, 1.54) is 17.0 Å². The molecule has 0 aliphatic carbocycles. The number of para-hydroxylation sites is 1. The molecule has 1 amide bonds. The highest BCUT2D eigenvalue weighted by molar-refractivity contribution is 7.98. The molecule has 0 atom stereocenters. The third kappa shape index (κ3) is 5.02. The molecule has 0 saturated carbocycles. The van der Waals surface area contributed by atoms with Crippen molar-refractivity contribution in [1.82, 2.24) is 4.90 Å². The molecular weight excluding hydrogens is 454 g/mol. The Bertz CT molecular complexity index is 1190. The minimum Gasteiger partial charge on any atom is -0.368 e. The van der Waals surface area contributed by atoms with E-state index in [1.54, 1.807) is 60.3 Å². The Labute approximate surface area is 199 Å². The molecule has 3 aromatic rings. The molecule has 0 radical (unpaired) electrons. The molecule has 33 heavy (non-hydrogen) atoms. The van der Waals surface area contributed by atoms with E-state index < -0.39 is 10.0 Å². The maximum absolute atomic E-state index is 13.0. The van der Waals surface area contributed by atoms with E-state index in [4.69, 9.17) is 0 Å². The van der Waals surface area contributed by atoms with Crippen LogP contribution in [0.15, 0.2) is 88.7 Å². The van der Waals surface area contributed by atoms with Crippen LogP contribution in [0, 0.1) is 0 Å². The first-order valence-electron chi connectivity index (χ1n) is 10.7. The van der Waals surface area contributed by atoms with Crippen LogP contribution in [0.25, 0.3) is 0 Å². The molecule has 0 bridgehead atoms. The highest BCUT2D eigenvalue weighted by Crippen LogP contribution is 2.25. The number of amides is 1. The van der Waals surface area contributed by atoms with Crippen molar-refractivity contribution in [3.05, 3.63) is 84.4 Å². The van der Waals surface area contributed by atoms with E-state index in [9.17, 15) is 13.2 Å². The van der Waals surface area contributed by atoms with Gasteiger partial charge < -0.3 is 9.80 Å². The van der Waals surface area contributed by atoms with Gasteiger partial charge in [0.05, 0.1) is 10.6 Å². The Morgan fingerprint density at radius 3 is 2.03 bits per heavy atom. The van der Waals surface area contributed by atoms with Crippen LogP contribution in [-0.2, 0) is 10.0 Å². The van der Waals surface area contributed by atoms with Crippen molar-refractivity contribution in [1.29, 1.82) is 0 Å². The largest absolute Gasteiger partial charge is 0.368 e. The third-order valence-electron chi connectivity index (χ3n) is 5.88. The first kappa shape index (κ1) is 23.2. The predicted octanol–water partition coefficient (Wildman–Crippen LogP) is 4.20. The van der Waals surface area contributed by atoms with Gasteiger partial charge in [0, 0.05) is 49.4 Å². The summed E-state index contributed by atoms with van der Waals surface area (Å²) in [5.74, 6) is -0.0348.